The van der Waals surface area contributed by atoms with Crippen molar-refractivity contribution in [1.29, 1.82) is 0 Å². The molecule has 0 spiro atoms. The van der Waals surface area contributed by atoms with Gasteiger partial charge in [0, 0.05) is 11.4 Å². The maximum atomic E-state index is 11.7. The Bertz CT molecular complexity index is 484. The number of amides is 1. The number of aliphatic carboxylic acids is 2. The lowest BCUT2D eigenvalue weighted by atomic mass is 10.3. The van der Waals surface area contributed by atoms with Crippen molar-refractivity contribution in [3.63, 3.8) is 0 Å². The molecule has 8 nitrogen and oxygen atoms in total. The lowest BCUT2D eigenvalue weighted by Crippen LogP contribution is -2.40. The normalized spacial score (nSPS) is 10.2. The van der Waals surface area contributed by atoms with Crippen molar-refractivity contribution < 1.29 is 24.6 Å². The molecule has 1 rings (SSSR count). The van der Waals surface area contributed by atoms with E-state index in [4.69, 9.17) is 15.9 Å². The molecule has 108 valence electrons. The third kappa shape index (κ3) is 5.83. The van der Waals surface area contributed by atoms with E-state index in [2.05, 4.69) is 5.32 Å². The van der Waals surface area contributed by atoms with Crippen LogP contribution in [0.4, 0.5) is 11.4 Å². The second kappa shape index (κ2) is 7.10. The minimum absolute atomic E-state index is 0.330. The largest absolute Gasteiger partial charge is 0.480 e. The van der Waals surface area contributed by atoms with E-state index in [-0.39, 0.29) is 6.54 Å². The average Bonchev–Trinajstić information content (AvgIpc) is 2.30. The van der Waals surface area contributed by atoms with Crippen LogP contribution in [0.2, 0.25) is 0 Å². The minimum atomic E-state index is -1.20. The van der Waals surface area contributed by atoms with Gasteiger partial charge in [0.25, 0.3) is 0 Å². The molecule has 0 aliphatic carbocycles. The fourth-order valence-corrected chi connectivity index (χ4v) is 1.52. The van der Waals surface area contributed by atoms with Gasteiger partial charge in [0.15, 0.2) is 0 Å². The quantitative estimate of drug-likeness (QED) is 0.503. The Balaban J connectivity index is 2.58. The van der Waals surface area contributed by atoms with Crippen LogP contribution in [-0.4, -0.2) is 52.6 Å². The molecule has 0 fully saturated rings. The van der Waals surface area contributed by atoms with Crippen LogP contribution in [0.1, 0.15) is 0 Å². The molecule has 1 amide bonds. The van der Waals surface area contributed by atoms with Gasteiger partial charge in [-0.1, -0.05) is 0 Å². The molecule has 8 heteroatoms. The zero-order valence-electron chi connectivity index (χ0n) is 10.6. The van der Waals surface area contributed by atoms with Crippen molar-refractivity contribution in [1.82, 2.24) is 4.90 Å². The first-order valence-electron chi connectivity index (χ1n) is 5.68. The van der Waals surface area contributed by atoms with Gasteiger partial charge >= 0.3 is 11.9 Å². The van der Waals surface area contributed by atoms with Crippen molar-refractivity contribution in [3.05, 3.63) is 24.3 Å². The van der Waals surface area contributed by atoms with Gasteiger partial charge in [0.1, 0.15) is 0 Å². The Kier molecular flexibility index (Phi) is 5.48. The number of nitrogens with two attached hydrogens (primary N) is 1. The smallest absolute Gasteiger partial charge is 0.317 e. The molecule has 0 radical (unpaired) electrons. The summed E-state index contributed by atoms with van der Waals surface area (Å²) in [4.78, 5) is 33.9. The molecular weight excluding hydrogens is 266 g/mol. The van der Waals surface area contributed by atoms with Gasteiger partial charge in [-0.3, -0.25) is 19.3 Å². The van der Waals surface area contributed by atoms with Crippen LogP contribution in [-0.2, 0) is 14.4 Å². The van der Waals surface area contributed by atoms with Crippen LogP contribution in [0, 0.1) is 0 Å². The zero-order chi connectivity index (χ0) is 15.1. The summed E-state index contributed by atoms with van der Waals surface area (Å²) in [5.74, 6) is -2.91. The Morgan fingerprint density at radius 1 is 1.00 bits per heavy atom. The predicted molar refractivity (Wildman–Crippen MR) is 71.2 cm³/mol. The highest BCUT2D eigenvalue weighted by molar-refractivity contribution is 5.92. The highest BCUT2D eigenvalue weighted by Gasteiger charge is 2.16. The van der Waals surface area contributed by atoms with E-state index in [1.165, 1.54) is 0 Å². The number of rotatable bonds is 7. The number of nitrogens with zero attached hydrogens (tertiary/aromatic N) is 1. The maximum Gasteiger partial charge on any atom is 0.317 e. The monoisotopic (exact) mass is 281 g/mol. The molecule has 1 aromatic carbocycles. The summed E-state index contributed by atoms with van der Waals surface area (Å²) >= 11 is 0. The number of nitrogens with one attached hydrogen (secondary N) is 1. The molecule has 1 aromatic rings. The van der Waals surface area contributed by atoms with E-state index in [0.717, 1.165) is 4.90 Å². The third-order valence-electron chi connectivity index (χ3n) is 2.28. The second-order valence-corrected chi connectivity index (χ2v) is 4.10. The number of hydrogen-bond donors (Lipinski definition) is 4. The molecular formula is C12H15N3O5. The molecule has 20 heavy (non-hydrogen) atoms. The molecule has 0 aromatic heterocycles. The van der Waals surface area contributed by atoms with Crippen molar-refractivity contribution in [3.8, 4) is 0 Å². The van der Waals surface area contributed by atoms with E-state index < -0.39 is 30.9 Å². The first kappa shape index (κ1) is 15.4. The number of benzene rings is 1. The number of carboxylic acid groups (broad SMARTS) is 2. The predicted octanol–water partition coefficient (Wildman–Crippen LogP) is -0.321. The number of hydrogen-bond acceptors (Lipinski definition) is 5. The van der Waals surface area contributed by atoms with Crippen molar-refractivity contribution in [2.45, 2.75) is 0 Å². The van der Waals surface area contributed by atoms with Gasteiger partial charge in [-0.2, -0.15) is 0 Å². The summed E-state index contributed by atoms with van der Waals surface area (Å²) in [5, 5.41) is 19.8. The number of nitrogen functional groups attached to an aromatic ring is 1. The second-order valence-electron chi connectivity index (χ2n) is 4.10. The van der Waals surface area contributed by atoms with Crippen LogP contribution in [0.25, 0.3) is 0 Å². The van der Waals surface area contributed by atoms with Crippen LogP contribution in [0.15, 0.2) is 24.3 Å². The van der Waals surface area contributed by atoms with Gasteiger partial charge in [-0.25, -0.2) is 0 Å². The summed E-state index contributed by atoms with van der Waals surface area (Å²) in [5.41, 5.74) is 6.53. The molecule has 0 heterocycles. The number of anilines is 2. The molecule has 0 bridgehead atoms. The highest BCUT2D eigenvalue weighted by Crippen LogP contribution is 2.10. The highest BCUT2D eigenvalue weighted by atomic mass is 16.4. The van der Waals surface area contributed by atoms with Gasteiger partial charge in [0.05, 0.1) is 19.6 Å². The number of carbonyl (C=O) groups excluding carboxylic acids is 1. The lowest BCUT2D eigenvalue weighted by Gasteiger charge is -2.17. The summed E-state index contributed by atoms with van der Waals surface area (Å²) in [6.45, 7) is -1.38. The van der Waals surface area contributed by atoms with Gasteiger partial charge in [-0.15, -0.1) is 0 Å². The summed E-state index contributed by atoms with van der Waals surface area (Å²) in [6.07, 6.45) is 0. The van der Waals surface area contributed by atoms with Crippen LogP contribution >= 0.6 is 0 Å². The number of carboxylic acids is 2. The van der Waals surface area contributed by atoms with Crippen LogP contribution in [0.5, 0.6) is 0 Å². The van der Waals surface area contributed by atoms with Crippen LogP contribution in [0.3, 0.4) is 0 Å². The van der Waals surface area contributed by atoms with Crippen LogP contribution < -0.4 is 11.1 Å². The Labute approximate surface area is 114 Å². The van der Waals surface area contributed by atoms with Crippen molar-refractivity contribution in [2.24, 2.45) is 0 Å². The topological polar surface area (TPSA) is 133 Å². The first-order valence-corrected chi connectivity index (χ1v) is 5.68. The third-order valence-corrected chi connectivity index (χ3v) is 2.28. The standard InChI is InChI=1S/C12H15N3O5/c13-8-1-3-9(4-2-8)14-10(16)5-15(6-11(17)18)7-12(19)20/h1-4H,5-7,13H2,(H,14,16)(H,17,18)(H,19,20). The van der Waals surface area contributed by atoms with Gasteiger partial charge in [0.2, 0.25) is 5.91 Å². The maximum absolute atomic E-state index is 11.7. The molecule has 0 atom stereocenters. The summed E-state index contributed by atoms with van der Waals surface area (Å²) < 4.78 is 0. The Morgan fingerprint density at radius 3 is 1.95 bits per heavy atom. The molecule has 0 aliphatic rings. The Morgan fingerprint density at radius 2 is 1.50 bits per heavy atom. The van der Waals surface area contributed by atoms with Gasteiger partial charge in [-0.05, 0) is 24.3 Å². The lowest BCUT2D eigenvalue weighted by molar-refractivity contribution is -0.142. The van der Waals surface area contributed by atoms with E-state index in [9.17, 15) is 14.4 Å². The first-order chi connectivity index (χ1) is 9.36. The van der Waals surface area contributed by atoms with E-state index >= 15 is 0 Å². The van der Waals surface area contributed by atoms with Gasteiger partial charge < -0.3 is 21.3 Å². The van der Waals surface area contributed by atoms with Crippen molar-refractivity contribution in [2.75, 3.05) is 30.7 Å². The summed E-state index contributed by atoms with van der Waals surface area (Å²) in [7, 11) is 0. The number of carbonyl (C=O) groups is 3. The average molecular weight is 281 g/mol. The SMILES string of the molecule is Nc1ccc(NC(=O)CN(CC(=O)O)CC(=O)O)cc1. The van der Waals surface area contributed by atoms with E-state index in [1.807, 2.05) is 0 Å². The zero-order valence-corrected chi connectivity index (χ0v) is 10.6. The molecule has 0 saturated carbocycles. The van der Waals surface area contributed by atoms with E-state index in [0.29, 0.717) is 11.4 Å². The Hall–Kier alpha value is -2.61. The molecule has 0 aliphatic heterocycles. The van der Waals surface area contributed by atoms with E-state index in [1.54, 1.807) is 24.3 Å². The van der Waals surface area contributed by atoms with Crippen molar-refractivity contribution >= 4 is 29.2 Å². The molecule has 5 N–H and O–H groups in total. The fourth-order valence-electron chi connectivity index (χ4n) is 1.52. The summed E-state index contributed by atoms with van der Waals surface area (Å²) in [6, 6.07) is 6.38. The minimum Gasteiger partial charge on any atom is -0.480 e. The molecule has 0 saturated heterocycles. The molecule has 0 unspecified atom stereocenters. The fraction of sp³-hybridized carbons (Fsp3) is 0.250.